The fourth-order valence-corrected chi connectivity index (χ4v) is 1.79. The third kappa shape index (κ3) is 5.22. The summed E-state index contributed by atoms with van der Waals surface area (Å²) in [5.41, 5.74) is 4.91. The molecule has 0 aliphatic rings. The number of halogens is 3. The van der Waals surface area contributed by atoms with E-state index in [1.165, 1.54) is 18.2 Å². The monoisotopic (exact) mass is 318 g/mol. The number of nitrogens with two attached hydrogens (primary N) is 1. The minimum absolute atomic E-state index is 0.0341. The highest BCUT2D eigenvalue weighted by Gasteiger charge is 2.33. The maximum absolute atomic E-state index is 12.8. The number of alkyl halides is 3. The Morgan fingerprint density at radius 3 is 2.59 bits per heavy atom. The minimum atomic E-state index is -4.47. The molecule has 2 atom stereocenters. The third-order valence-electron chi connectivity index (χ3n) is 3.41. The van der Waals surface area contributed by atoms with Gasteiger partial charge in [-0.25, -0.2) is 0 Å². The highest BCUT2D eigenvalue weighted by molar-refractivity contribution is 5.81. The van der Waals surface area contributed by atoms with Gasteiger partial charge in [0.25, 0.3) is 0 Å². The van der Waals surface area contributed by atoms with Crippen LogP contribution in [-0.2, 0) is 11.0 Å². The van der Waals surface area contributed by atoms with Crippen molar-refractivity contribution in [3.05, 3.63) is 29.8 Å². The first kappa shape index (κ1) is 18.3. The Labute approximate surface area is 127 Å². The molecule has 0 heterocycles. The second kappa shape index (κ2) is 8.03. The van der Waals surface area contributed by atoms with E-state index in [-0.39, 0.29) is 30.7 Å². The normalized spacial score (nSPS) is 14.3. The first-order valence-corrected chi connectivity index (χ1v) is 7.09. The topological polar surface area (TPSA) is 64.4 Å². The van der Waals surface area contributed by atoms with E-state index >= 15 is 0 Å². The van der Waals surface area contributed by atoms with Crippen molar-refractivity contribution in [3.63, 3.8) is 0 Å². The Hall–Kier alpha value is -1.76. The van der Waals surface area contributed by atoms with Crippen LogP contribution in [0.15, 0.2) is 24.3 Å². The molecule has 1 aromatic rings. The number of hydrogen-bond donors (Lipinski definition) is 2. The van der Waals surface area contributed by atoms with Gasteiger partial charge < -0.3 is 15.8 Å². The highest BCUT2D eigenvalue weighted by Crippen LogP contribution is 2.35. The van der Waals surface area contributed by atoms with Gasteiger partial charge in [0.05, 0.1) is 18.2 Å². The quantitative estimate of drug-likeness (QED) is 0.760. The molecule has 0 radical (unpaired) electrons. The molecule has 0 spiro atoms. The smallest absolute Gasteiger partial charge is 0.419 e. The van der Waals surface area contributed by atoms with Crippen LogP contribution in [0.25, 0.3) is 0 Å². The summed E-state index contributed by atoms with van der Waals surface area (Å²) in [6, 6.07) is 4.32. The number of carbonyl (C=O) groups is 1. The number of carbonyl (C=O) groups excluding carboxylic acids is 1. The molecule has 0 fully saturated rings. The molecule has 0 saturated carbocycles. The first-order chi connectivity index (χ1) is 10.3. The fourth-order valence-electron chi connectivity index (χ4n) is 1.79. The molecular formula is C15H21F3N2O2. The van der Waals surface area contributed by atoms with Crippen LogP contribution < -0.4 is 15.8 Å². The lowest BCUT2D eigenvalue weighted by molar-refractivity contribution is -0.139. The minimum Gasteiger partial charge on any atom is -0.491 e. The maximum Gasteiger partial charge on any atom is 0.419 e. The van der Waals surface area contributed by atoms with E-state index in [1.54, 1.807) is 0 Å². The van der Waals surface area contributed by atoms with E-state index in [2.05, 4.69) is 5.32 Å². The molecule has 0 bridgehead atoms. The zero-order valence-corrected chi connectivity index (χ0v) is 12.6. The molecule has 3 N–H and O–H groups in total. The number of ether oxygens (including phenoxy) is 1. The zero-order valence-electron chi connectivity index (χ0n) is 12.6. The van der Waals surface area contributed by atoms with Crippen molar-refractivity contribution in [3.8, 4) is 5.75 Å². The van der Waals surface area contributed by atoms with Crippen molar-refractivity contribution in [1.29, 1.82) is 0 Å². The van der Waals surface area contributed by atoms with Crippen LogP contribution in [-0.4, -0.2) is 25.1 Å². The molecule has 0 aliphatic carbocycles. The second-order valence-electron chi connectivity index (χ2n) is 5.04. The second-order valence-corrected chi connectivity index (χ2v) is 5.04. The van der Waals surface area contributed by atoms with Gasteiger partial charge in [-0.3, -0.25) is 4.79 Å². The van der Waals surface area contributed by atoms with Gasteiger partial charge in [0.15, 0.2) is 0 Å². The predicted molar refractivity (Wildman–Crippen MR) is 77.4 cm³/mol. The lowest BCUT2D eigenvalue weighted by atomic mass is 9.99. The number of rotatable bonds is 7. The standard InChI is InChI=1S/C15H21F3N2O2/c1-3-10(2)13(19)14(21)20-8-9-22-12-7-5-4-6-11(12)15(16,17)18/h4-7,10,13H,3,8-9,19H2,1-2H3,(H,20,21). The molecule has 1 amide bonds. The van der Waals surface area contributed by atoms with Crippen LogP contribution in [0.3, 0.4) is 0 Å². The zero-order chi connectivity index (χ0) is 16.8. The molecule has 124 valence electrons. The van der Waals surface area contributed by atoms with Crippen molar-refractivity contribution >= 4 is 5.91 Å². The van der Waals surface area contributed by atoms with Crippen molar-refractivity contribution in [2.75, 3.05) is 13.2 Å². The lowest BCUT2D eigenvalue weighted by Gasteiger charge is -2.18. The van der Waals surface area contributed by atoms with Crippen LogP contribution in [0, 0.1) is 5.92 Å². The Morgan fingerprint density at radius 1 is 1.36 bits per heavy atom. The van der Waals surface area contributed by atoms with Crippen LogP contribution in [0.5, 0.6) is 5.75 Å². The van der Waals surface area contributed by atoms with Gasteiger partial charge in [-0.15, -0.1) is 0 Å². The van der Waals surface area contributed by atoms with Gasteiger partial charge in [0, 0.05) is 0 Å². The summed E-state index contributed by atoms with van der Waals surface area (Å²) in [6.07, 6.45) is -3.71. The van der Waals surface area contributed by atoms with E-state index in [0.717, 1.165) is 12.5 Å². The molecule has 0 saturated heterocycles. The largest absolute Gasteiger partial charge is 0.491 e. The molecule has 0 aliphatic heterocycles. The molecule has 7 heteroatoms. The predicted octanol–water partition coefficient (Wildman–Crippen LogP) is 2.57. The lowest BCUT2D eigenvalue weighted by Crippen LogP contribution is -2.45. The number of amides is 1. The van der Waals surface area contributed by atoms with Crippen LogP contribution in [0.1, 0.15) is 25.8 Å². The highest BCUT2D eigenvalue weighted by atomic mass is 19.4. The number of nitrogens with one attached hydrogen (secondary N) is 1. The van der Waals surface area contributed by atoms with Gasteiger partial charge in [-0.1, -0.05) is 32.4 Å². The van der Waals surface area contributed by atoms with Crippen molar-refractivity contribution in [2.45, 2.75) is 32.5 Å². The summed E-state index contributed by atoms with van der Waals surface area (Å²) in [5.74, 6) is -0.551. The van der Waals surface area contributed by atoms with E-state index in [9.17, 15) is 18.0 Å². The molecule has 4 nitrogen and oxygen atoms in total. The third-order valence-corrected chi connectivity index (χ3v) is 3.41. The maximum atomic E-state index is 12.8. The molecular weight excluding hydrogens is 297 g/mol. The van der Waals surface area contributed by atoms with Crippen LogP contribution in [0.2, 0.25) is 0 Å². The number of para-hydroxylation sites is 1. The molecule has 22 heavy (non-hydrogen) atoms. The summed E-state index contributed by atoms with van der Waals surface area (Å²) >= 11 is 0. The van der Waals surface area contributed by atoms with Crippen LogP contribution in [0.4, 0.5) is 13.2 Å². The Morgan fingerprint density at radius 2 is 2.00 bits per heavy atom. The van der Waals surface area contributed by atoms with Crippen molar-refractivity contribution in [1.82, 2.24) is 5.32 Å². The average molecular weight is 318 g/mol. The average Bonchev–Trinajstić information content (AvgIpc) is 2.49. The number of hydrogen-bond acceptors (Lipinski definition) is 3. The summed E-state index contributed by atoms with van der Waals surface area (Å²) < 4.78 is 43.4. The summed E-state index contributed by atoms with van der Waals surface area (Å²) in [7, 11) is 0. The van der Waals surface area contributed by atoms with Gasteiger partial charge >= 0.3 is 6.18 Å². The molecule has 1 rings (SSSR count). The van der Waals surface area contributed by atoms with E-state index in [0.29, 0.717) is 0 Å². The van der Waals surface area contributed by atoms with Crippen molar-refractivity contribution in [2.24, 2.45) is 11.7 Å². The fraction of sp³-hybridized carbons (Fsp3) is 0.533. The molecule has 2 unspecified atom stereocenters. The van der Waals surface area contributed by atoms with Gasteiger partial charge in [-0.2, -0.15) is 13.2 Å². The van der Waals surface area contributed by atoms with Crippen LogP contribution >= 0.6 is 0 Å². The first-order valence-electron chi connectivity index (χ1n) is 7.09. The summed E-state index contributed by atoms with van der Waals surface area (Å²) in [5, 5.41) is 2.56. The Bertz CT molecular complexity index is 492. The summed E-state index contributed by atoms with van der Waals surface area (Å²) in [6.45, 7) is 3.82. The van der Waals surface area contributed by atoms with Crippen molar-refractivity contribution < 1.29 is 22.7 Å². The van der Waals surface area contributed by atoms with E-state index < -0.39 is 17.8 Å². The summed E-state index contributed by atoms with van der Waals surface area (Å²) in [4.78, 5) is 11.7. The van der Waals surface area contributed by atoms with E-state index in [4.69, 9.17) is 10.5 Å². The molecule has 0 aromatic heterocycles. The number of benzene rings is 1. The van der Waals surface area contributed by atoms with E-state index in [1.807, 2.05) is 13.8 Å². The van der Waals surface area contributed by atoms with Gasteiger partial charge in [0.2, 0.25) is 5.91 Å². The Kier molecular flexibility index (Phi) is 6.67. The van der Waals surface area contributed by atoms with Gasteiger partial charge in [-0.05, 0) is 18.1 Å². The van der Waals surface area contributed by atoms with Gasteiger partial charge in [0.1, 0.15) is 12.4 Å². The SMILES string of the molecule is CCC(C)C(N)C(=O)NCCOc1ccccc1C(F)(F)F. The molecule has 1 aromatic carbocycles. The Balaban J connectivity index is 2.48.